The number of ether oxygens (including phenoxy) is 3. The van der Waals surface area contributed by atoms with Gasteiger partial charge in [0.1, 0.15) is 17.9 Å². The zero-order valence-corrected chi connectivity index (χ0v) is 31.0. The Hall–Kier alpha value is -5.14. The number of nitrogens with zero attached hydrogens (tertiary/aromatic N) is 2. The standard InChI is InChI=1S/C44H43ClN2O5/c1-44(2,3)52-40(48)26-47-39-24-31(43(49)51-5)13-19-35(39)41(28-9-7-6-8-10-28)42(47)30-15-21-37-29(23-30)14-22-38(46-37)36-25-33(50-4)18-20-34(36)27-11-16-32(45)17-12-27/h11-25,28H,6-10,26H2,1-5H3. The molecule has 0 bridgehead atoms. The molecule has 4 aromatic carbocycles. The first kappa shape index (κ1) is 35.3. The Morgan fingerprint density at radius 2 is 1.58 bits per heavy atom. The third-order valence-corrected chi connectivity index (χ3v) is 10.1. The van der Waals surface area contributed by atoms with Crippen LogP contribution in [0.25, 0.3) is 55.4 Å². The summed E-state index contributed by atoms with van der Waals surface area (Å²) >= 11 is 6.21. The van der Waals surface area contributed by atoms with Crippen LogP contribution in [0.3, 0.4) is 0 Å². The van der Waals surface area contributed by atoms with Crippen LogP contribution < -0.4 is 4.74 Å². The Kier molecular flexibility index (Phi) is 9.82. The van der Waals surface area contributed by atoms with Gasteiger partial charge in [-0.15, -0.1) is 0 Å². The second-order valence-electron chi connectivity index (χ2n) is 14.5. The molecule has 0 unspecified atom stereocenters. The second-order valence-corrected chi connectivity index (χ2v) is 15.0. The third kappa shape index (κ3) is 7.15. The molecule has 7 rings (SSSR count). The molecule has 8 heteroatoms. The number of halogens is 1. The number of hydrogen-bond donors (Lipinski definition) is 0. The Labute approximate surface area is 309 Å². The van der Waals surface area contributed by atoms with E-state index in [-0.39, 0.29) is 12.5 Å². The fourth-order valence-electron chi connectivity index (χ4n) is 7.57. The molecule has 0 radical (unpaired) electrons. The molecule has 52 heavy (non-hydrogen) atoms. The van der Waals surface area contributed by atoms with Crippen molar-refractivity contribution in [3.8, 4) is 39.4 Å². The van der Waals surface area contributed by atoms with E-state index in [0.717, 1.165) is 86.9 Å². The van der Waals surface area contributed by atoms with Crippen molar-refractivity contribution in [2.24, 2.45) is 0 Å². The molecule has 266 valence electrons. The summed E-state index contributed by atoms with van der Waals surface area (Å²) in [7, 11) is 3.04. The number of esters is 2. The van der Waals surface area contributed by atoms with E-state index < -0.39 is 11.6 Å². The van der Waals surface area contributed by atoms with E-state index >= 15 is 0 Å². The topological polar surface area (TPSA) is 79.7 Å². The summed E-state index contributed by atoms with van der Waals surface area (Å²) in [6.45, 7) is 5.61. The molecule has 0 N–H and O–H groups in total. The minimum atomic E-state index is -0.647. The highest BCUT2D eigenvalue weighted by Gasteiger charge is 2.29. The second kappa shape index (κ2) is 14.5. The summed E-state index contributed by atoms with van der Waals surface area (Å²) in [5.74, 6) is 0.292. The van der Waals surface area contributed by atoms with E-state index in [9.17, 15) is 9.59 Å². The van der Waals surface area contributed by atoms with Gasteiger partial charge in [-0.25, -0.2) is 9.78 Å². The Morgan fingerprint density at radius 3 is 2.29 bits per heavy atom. The molecule has 6 aromatic rings. The molecular formula is C44H43ClN2O5. The minimum absolute atomic E-state index is 0.00100. The lowest BCUT2D eigenvalue weighted by Gasteiger charge is -2.24. The fourth-order valence-corrected chi connectivity index (χ4v) is 7.70. The number of methoxy groups -OCH3 is 2. The number of fused-ring (bicyclic) bond motifs is 2. The van der Waals surface area contributed by atoms with Gasteiger partial charge in [0, 0.05) is 21.4 Å². The normalized spacial score (nSPS) is 13.7. The van der Waals surface area contributed by atoms with Crippen LogP contribution in [0.1, 0.15) is 74.7 Å². The molecule has 1 fully saturated rings. The monoisotopic (exact) mass is 714 g/mol. The molecule has 1 aliphatic rings. The number of carbonyl (C=O) groups is 2. The lowest BCUT2D eigenvalue weighted by atomic mass is 9.81. The van der Waals surface area contributed by atoms with Crippen LogP contribution in [0.2, 0.25) is 5.02 Å². The Balaban J connectivity index is 1.40. The van der Waals surface area contributed by atoms with Crippen LogP contribution in [0.15, 0.2) is 91.0 Å². The van der Waals surface area contributed by atoms with E-state index in [2.05, 4.69) is 24.3 Å². The molecule has 7 nitrogen and oxygen atoms in total. The lowest BCUT2D eigenvalue weighted by Crippen LogP contribution is -2.26. The first-order valence-corrected chi connectivity index (χ1v) is 18.2. The molecule has 0 aliphatic heterocycles. The number of benzene rings is 4. The van der Waals surface area contributed by atoms with Crippen molar-refractivity contribution in [1.82, 2.24) is 9.55 Å². The van der Waals surface area contributed by atoms with Crippen molar-refractivity contribution in [1.29, 1.82) is 0 Å². The number of hydrogen-bond acceptors (Lipinski definition) is 6. The Morgan fingerprint density at radius 1 is 0.827 bits per heavy atom. The summed E-state index contributed by atoms with van der Waals surface area (Å²) in [6.07, 6.45) is 5.63. The average Bonchev–Trinajstić information content (AvgIpc) is 3.46. The molecule has 1 aliphatic carbocycles. The van der Waals surface area contributed by atoms with E-state index in [0.29, 0.717) is 16.5 Å². The van der Waals surface area contributed by atoms with E-state index in [1.165, 1.54) is 19.1 Å². The largest absolute Gasteiger partial charge is 0.497 e. The van der Waals surface area contributed by atoms with Gasteiger partial charge >= 0.3 is 11.9 Å². The van der Waals surface area contributed by atoms with Crippen LogP contribution in [0.4, 0.5) is 0 Å². The quantitative estimate of drug-likeness (QED) is 0.146. The van der Waals surface area contributed by atoms with E-state index in [4.69, 9.17) is 30.8 Å². The highest BCUT2D eigenvalue weighted by atomic mass is 35.5. The first-order chi connectivity index (χ1) is 25.0. The summed E-state index contributed by atoms with van der Waals surface area (Å²) in [5.41, 5.74) is 8.42. The predicted octanol–water partition coefficient (Wildman–Crippen LogP) is 11.0. The zero-order valence-electron chi connectivity index (χ0n) is 30.3. The van der Waals surface area contributed by atoms with Crippen molar-refractivity contribution < 1.29 is 23.8 Å². The number of rotatable bonds is 8. The number of aromatic nitrogens is 2. The summed E-state index contributed by atoms with van der Waals surface area (Å²) in [4.78, 5) is 31.4. The van der Waals surface area contributed by atoms with Crippen LogP contribution in [0, 0.1) is 0 Å². The molecule has 0 spiro atoms. The SMILES string of the molecule is COC(=O)c1ccc2c(C3CCCCC3)c(-c3ccc4nc(-c5cc(OC)ccc5-c5ccc(Cl)cc5)ccc4c3)n(CC(=O)OC(C)(C)C)c2c1. The summed E-state index contributed by atoms with van der Waals surface area (Å²) in [5, 5.41) is 2.69. The van der Waals surface area contributed by atoms with Crippen LogP contribution in [-0.4, -0.2) is 41.3 Å². The number of carbonyl (C=O) groups excluding carboxylic acids is 2. The van der Waals surface area contributed by atoms with E-state index in [1.54, 1.807) is 7.11 Å². The molecule has 0 amide bonds. The summed E-state index contributed by atoms with van der Waals surface area (Å²) in [6, 6.07) is 30.0. The maximum absolute atomic E-state index is 13.5. The zero-order chi connectivity index (χ0) is 36.6. The van der Waals surface area contributed by atoms with Gasteiger partial charge in [0.25, 0.3) is 0 Å². The molecule has 2 aromatic heterocycles. The smallest absolute Gasteiger partial charge is 0.337 e. The highest BCUT2D eigenvalue weighted by molar-refractivity contribution is 6.30. The van der Waals surface area contributed by atoms with Gasteiger partial charge in [0.15, 0.2) is 0 Å². The maximum Gasteiger partial charge on any atom is 0.337 e. The van der Waals surface area contributed by atoms with Gasteiger partial charge in [-0.2, -0.15) is 0 Å². The van der Waals surface area contributed by atoms with Gasteiger partial charge in [0.2, 0.25) is 0 Å². The highest BCUT2D eigenvalue weighted by Crippen LogP contribution is 2.45. The third-order valence-electron chi connectivity index (χ3n) is 9.87. The number of pyridine rings is 1. The van der Waals surface area contributed by atoms with Gasteiger partial charge in [0.05, 0.1) is 42.2 Å². The van der Waals surface area contributed by atoms with Gasteiger partial charge in [-0.1, -0.05) is 67.3 Å². The molecule has 0 saturated heterocycles. The van der Waals surface area contributed by atoms with Crippen LogP contribution in [-0.2, 0) is 20.8 Å². The first-order valence-electron chi connectivity index (χ1n) is 17.8. The molecule has 2 heterocycles. The lowest BCUT2D eigenvalue weighted by molar-refractivity contribution is -0.155. The van der Waals surface area contributed by atoms with Gasteiger partial charge in [-0.3, -0.25) is 4.79 Å². The minimum Gasteiger partial charge on any atom is -0.497 e. The molecular weight excluding hydrogens is 672 g/mol. The van der Waals surface area contributed by atoms with Crippen molar-refractivity contribution in [3.05, 3.63) is 107 Å². The predicted molar refractivity (Wildman–Crippen MR) is 208 cm³/mol. The maximum atomic E-state index is 13.5. The van der Waals surface area contributed by atoms with Gasteiger partial charge < -0.3 is 18.8 Å². The van der Waals surface area contributed by atoms with E-state index in [1.807, 2.05) is 92.1 Å². The average molecular weight is 715 g/mol. The van der Waals surface area contributed by atoms with Crippen molar-refractivity contribution in [3.63, 3.8) is 0 Å². The van der Waals surface area contributed by atoms with Crippen molar-refractivity contribution in [2.45, 2.75) is 70.9 Å². The Bertz CT molecular complexity index is 2300. The fraction of sp³-hybridized carbons (Fsp3) is 0.295. The van der Waals surface area contributed by atoms with Gasteiger partial charge in [-0.05, 0) is 116 Å². The van der Waals surface area contributed by atoms with Crippen LogP contribution >= 0.6 is 11.6 Å². The summed E-state index contributed by atoms with van der Waals surface area (Å²) < 4.78 is 18.6. The molecule has 0 atom stereocenters. The van der Waals surface area contributed by atoms with Crippen LogP contribution in [0.5, 0.6) is 5.75 Å². The molecule has 1 saturated carbocycles. The van der Waals surface area contributed by atoms with Crippen molar-refractivity contribution in [2.75, 3.05) is 14.2 Å². The van der Waals surface area contributed by atoms with Crippen molar-refractivity contribution >= 4 is 45.3 Å².